The Morgan fingerprint density at radius 2 is 2.25 bits per heavy atom. The smallest absolute Gasteiger partial charge is 0.340 e. The second kappa shape index (κ2) is 6.11. The third-order valence-electron chi connectivity index (χ3n) is 3.94. The van der Waals surface area contributed by atoms with Crippen molar-refractivity contribution in [3.05, 3.63) is 17.8 Å². The summed E-state index contributed by atoms with van der Waals surface area (Å²) in [5.74, 6) is 0.438. The Hall–Kier alpha value is -1.78. The zero-order valence-electron chi connectivity index (χ0n) is 12.4. The number of pyridine rings is 1. The van der Waals surface area contributed by atoms with Crippen molar-refractivity contribution in [2.24, 2.45) is 0 Å². The van der Waals surface area contributed by atoms with Crippen LogP contribution in [0.3, 0.4) is 0 Å². The molecule has 5 nitrogen and oxygen atoms in total. The fourth-order valence-corrected chi connectivity index (χ4v) is 2.87. The second-order valence-electron chi connectivity index (χ2n) is 5.25. The van der Waals surface area contributed by atoms with Crippen LogP contribution in [0.2, 0.25) is 0 Å². The molecule has 0 saturated carbocycles. The molecule has 110 valence electrons. The van der Waals surface area contributed by atoms with Gasteiger partial charge in [-0.1, -0.05) is 6.92 Å². The predicted octanol–water partition coefficient (Wildman–Crippen LogP) is 2.61. The molecule has 1 aromatic rings. The lowest BCUT2D eigenvalue weighted by Crippen LogP contribution is -2.35. The number of esters is 1. The van der Waals surface area contributed by atoms with Crippen LogP contribution in [0.4, 0.5) is 11.5 Å². The van der Waals surface area contributed by atoms with Crippen molar-refractivity contribution in [1.82, 2.24) is 4.98 Å². The van der Waals surface area contributed by atoms with Gasteiger partial charge >= 0.3 is 5.97 Å². The molecule has 0 aromatic carbocycles. The van der Waals surface area contributed by atoms with Gasteiger partial charge in [-0.15, -0.1) is 0 Å². The van der Waals surface area contributed by atoms with Crippen molar-refractivity contribution in [3.8, 4) is 0 Å². The van der Waals surface area contributed by atoms with E-state index in [1.807, 2.05) is 0 Å². The maximum atomic E-state index is 11.9. The monoisotopic (exact) mass is 277 g/mol. The van der Waals surface area contributed by atoms with E-state index in [1.165, 1.54) is 6.42 Å². The van der Waals surface area contributed by atoms with Crippen LogP contribution in [-0.2, 0) is 4.74 Å². The summed E-state index contributed by atoms with van der Waals surface area (Å²) in [4.78, 5) is 18.6. The maximum absolute atomic E-state index is 11.9. The number of anilines is 2. The van der Waals surface area contributed by atoms with Gasteiger partial charge in [0.2, 0.25) is 0 Å². The molecule has 1 aliphatic rings. The van der Waals surface area contributed by atoms with Crippen LogP contribution >= 0.6 is 0 Å². The highest BCUT2D eigenvalue weighted by Gasteiger charge is 2.31. The van der Waals surface area contributed by atoms with E-state index in [1.54, 1.807) is 19.2 Å². The molecular weight excluding hydrogens is 254 g/mol. The summed E-state index contributed by atoms with van der Waals surface area (Å²) in [5, 5.41) is 0. The Labute approximate surface area is 120 Å². The van der Waals surface area contributed by atoms with Gasteiger partial charge in [0.1, 0.15) is 5.82 Å². The van der Waals surface area contributed by atoms with Crippen molar-refractivity contribution in [3.63, 3.8) is 0 Å². The van der Waals surface area contributed by atoms with Gasteiger partial charge in [-0.25, -0.2) is 9.78 Å². The fourth-order valence-electron chi connectivity index (χ4n) is 2.87. The van der Waals surface area contributed by atoms with Crippen molar-refractivity contribution in [2.75, 3.05) is 17.2 Å². The zero-order chi connectivity index (χ0) is 14.7. The van der Waals surface area contributed by atoms with Crippen LogP contribution in [0.15, 0.2) is 12.3 Å². The number of nitrogens with two attached hydrogens (primary N) is 1. The largest absolute Gasteiger partial charge is 0.462 e. The average molecular weight is 277 g/mol. The molecule has 1 fully saturated rings. The van der Waals surface area contributed by atoms with E-state index in [-0.39, 0.29) is 5.97 Å². The standard InChI is InChI=1S/C15H23N3O2/c1-4-11-7-6-10(3)18(11)14-8-12(13(16)9-17-14)15(19)20-5-2/h8-11H,4-7,16H2,1-3H3. The van der Waals surface area contributed by atoms with Gasteiger partial charge in [-0.2, -0.15) is 0 Å². The number of rotatable bonds is 4. The first-order valence-electron chi connectivity index (χ1n) is 7.29. The van der Waals surface area contributed by atoms with Crippen molar-refractivity contribution in [1.29, 1.82) is 0 Å². The predicted molar refractivity (Wildman–Crippen MR) is 79.9 cm³/mol. The van der Waals surface area contributed by atoms with Gasteiger partial charge in [-0.05, 0) is 39.2 Å². The average Bonchev–Trinajstić information content (AvgIpc) is 2.81. The molecule has 0 amide bonds. The molecule has 0 aliphatic carbocycles. The summed E-state index contributed by atoms with van der Waals surface area (Å²) < 4.78 is 5.04. The molecule has 20 heavy (non-hydrogen) atoms. The first-order valence-corrected chi connectivity index (χ1v) is 7.29. The number of hydrogen-bond acceptors (Lipinski definition) is 5. The summed E-state index contributed by atoms with van der Waals surface area (Å²) in [5.41, 5.74) is 6.62. The third kappa shape index (κ3) is 2.71. The van der Waals surface area contributed by atoms with E-state index in [4.69, 9.17) is 10.5 Å². The number of carbonyl (C=O) groups excluding carboxylic acids is 1. The highest BCUT2D eigenvalue weighted by Crippen LogP contribution is 2.32. The summed E-state index contributed by atoms with van der Waals surface area (Å²) in [7, 11) is 0. The Morgan fingerprint density at radius 1 is 1.50 bits per heavy atom. The van der Waals surface area contributed by atoms with Crippen LogP contribution in [0.5, 0.6) is 0 Å². The van der Waals surface area contributed by atoms with Gasteiger partial charge in [-0.3, -0.25) is 0 Å². The van der Waals surface area contributed by atoms with Crippen LogP contribution in [-0.4, -0.2) is 29.6 Å². The van der Waals surface area contributed by atoms with Crippen LogP contribution in [0.1, 0.15) is 50.4 Å². The summed E-state index contributed by atoms with van der Waals surface area (Å²) in [6.45, 7) is 6.50. The number of ether oxygens (including phenoxy) is 1. The van der Waals surface area contributed by atoms with E-state index >= 15 is 0 Å². The normalized spacial score (nSPS) is 22.1. The molecule has 1 aromatic heterocycles. The van der Waals surface area contributed by atoms with E-state index < -0.39 is 0 Å². The molecule has 2 N–H and O–H groups in total. The van der Waals surface area contributed by atoms with Crippen molar-refractivity contribution >= 4 is 17.5 Å². The number of nitrogen functional groups attached to an aromatic ring is 1. The minimum atomic E-state index is -0.381. The number of aromatic nitrogens is 1. The molecule has 5 heteroatoms. The Kier molecular flexibility index (Phi) is 4.47. The Morgan fingerprint density at radius 3 is 2.90 bits per heavy atom. The first kappa shape index (κ1) is 14.6. The van der Waals surface area contributed by atoms with Crippen molar-refractivity contribution < 1.29 is 9.53 Å². The molecule has 0 radical (unpaired) electrons. The Balaban J connectivity index is 2.33. The summed E-state index contributed by atoms with van der Waals surface area (Å²) >= 11 is 0. The SMILES string of the molecule is CCOC(=O)c1cc(N2C(C)CCC2CC)ncc1N. The zero-order valence-corrected chi connectivity index (χ0v) is 12.4. The molecule has 2 unspecified atom stereocenters. The van der Waals surface area contributed by atoms with Crippen molar-refractivity contribution in [2.45, 2.75) is 52.1 Å². The van der Waals surface area contributed by atoms with Gasteiger partial charge in [0.25, 0.3) is 0 Å². The van der Waals surface area contributed by atoms with Gasteiger partial charge < -0.3 is 15.4 Å². The lowest BCUT2D eigenvalue weighted by Gasteiger charge is -2.29. The van der Waals surface area contributed by atoms with E-state index in [9.17, 15) is 4.79 Å². The quantitative estimate of drug-likeness (QED) is 0.857. The lowest BCUT2D eigenvalue weighted by atomic mass is 10.1. The highest BCUT2D eigenvalue weighted by atomic mass is 16.5. The summed E-state index contributed by atoms with van der Waals surface area (Å²) in [6.07, 6.45) is 4.95. The Bertz CT molecular complexity index is 490. The highest BCUT2D eigenvalue weighted by molar-refractivity contribution is 5.95. The van der Waals surface area contributed by atoms with Crippen LogP contribution < -0.4 is 10.6 Å². The van der Waals surface area contributed by atoms with Gasteiger partial charge in [0.05, 0.1) is 24.1 Å². The topological polar surface area (TPSA) is 68.5 Å². The first-order chi connectivity index (χ1) is 9.58. The molecule has 1 aliphatic heterocycles. The van der Waals surface area contributed by atoms with Gasteiger partial charge in [0.15, 0.2) is 0 Å². The molecule has 0 bridgehead atoms. The maximum Gasteiger partial charge on any atom is 0.340 e. The molecule has 2 rings (SSSR count). The molecule has 2 heterocycles. The van der Waals surface area contributed by atoms with E-state index in [0.717, 1.165) is 18.7 Å². The number of hydrogen-bond donors (Lipinski definition) is 1. The second-order valence-corrected chi connectivity index (χ2v) is 5.25. The van der Waals surface area contributed by atoms with Gasteiger partial charge in [0, 0.05) is 12.1 Å². The number of nitrogens with zero attached hydrogens (tertiary/aromatic N) is 2. The lowest BCUT2D eigenvalue weighted by molar-refractivity contribution is 0.0527. The molecular formula is C15H23N3O2. The fraction of sp³-hybridized carbons (Fsp3) is 0.600. The molecule has 1 saturated heterocycles. The summed E-state index contributed by atoms with van der Waals surface area (Å²) in [6, 6.07) is 2.68. The molecule has 0 spiro atoms. The van der Waals surface area contributed by atoms with E-state index in [0.29, 0.717) is 29.9 Å². The van der Waals surface area contributed by atoms with Crippen LogP contribution in [0.25, 0.3) is 0 Å². The van der Waals surface area contributed by atoms with E-state index in [2.05, 4.69) is 23.7 Å². The molecule has 2 atom stereocenters. The minimum Gasteiger partial charge on any atom is -0.462 e. The number of carbonyl (C=O) groups is 1. The minimum absolute atomic E-state index is 0.341. The van der Waals surface area contributed by atoms with Crippen LogP contribution in [0, 0.1) is 0 Å². The third-order valence-corrected chi connectivity index (χ3v) is 3.94.